The third-order valence-corrected chi connectivity index (χ3v) is 2.44. The minimum atomic E-state index is -0.988. The van der Waals surface area contributed by atoms with Gasteiger partial charge in [-0.1, -0.05) is 0 Å². The van der Waals surface area contributed by atoms with Crippen molar-refractivity contribution in [1.29, 1.82) is 0 Å². The summed E-state index contributed by atoms with van der Waals surface area (Å²) in [5.74, 6) is -1.47. The highest BCUT2D eigenvalue weighted by Crippen LogP contribution is 1.95. The number of primary amides is 1. The molecular weight excluding hydrogens is 224 g/mol. The second kappa shape index (κ2) is 6.02. The molecule has 0 bridgehead atoms. The Balaban J connectivity index is 2.26. The summed E-state index contributed by atoms with van der Waals surface area (Å²) in [5.41, 5.74) is 13.8. The van der Waals surface area contributed by atoms with Crippen molar-refractivity contribution in [3.8, 4) is 0 Å². The fourth-order valence-electron chi connectivity index (χ4n) is 1.40. The second-order valence-electron chi connectivity index (χ2n) is 3.80. The van der Waals surface area contributed by atoms with Crippen LogP contribution < -0.4 is 21.9 Å². The van der Waals surface area contributed by atoms with Crippen molar-refractivity contribution in [2.45, 2.75) is 18.9 Å². The smallest absolute Gasteiger partial charge is 0.320 e. The van der Waals surface area contributed by atoms with E-state index in [1.165, 1.54) is 6.20 Å². The molecule has 1 rings (SSSR count). The molecule has 17 heavy (non-hydrogen) atoms. The normalized spacial score (nSPS) is 20.3. The Morgan fingerprint density at radius 3 is 2.71 bits per heavy atom. The molecule has 0 aliphatic carbocycles. The number of aliphatic carboxylic acids is 1. The zero-order valence-corrected chi connectivity index (χ0v) is 9.35. The van der Waals surface area contributed by atoms with Gasteiger partial charge in [-0.05, 0) is 6.42 Å². The van der Waals surface area contributed by atoms with Crippen molar-refractivity contribution in [3.63, 3.8) is 0 Å². The molecule has 0 aromatic rings. The number of amides is 1. The molecule has 94 valence electrons. The first-order valence-electron chi connectivity index (χ1n) is 5.29. The number of hydrogen-bond donors (Lipinski definition) is 5. The summed E-state index contributed by atoms with van der Waals surface area (Å²) in [6.07, 6.45) is 6.01. The highest BCUT2D eigenvalue weighted by atomic mass is 16.4. The number of carbonyl (C=O) groups is 2. The SMILES string of the molecule is NC(=O)C1=CN[NH+](CCC[C@H](N)C(=O)O)C=C1. The summed E-state index contributed by atoms with van der Waals surface area (Å²) in [4.78, 5) is 21.3. The summed E-state index contributed by atoms with van der Waals surface area (Å²) in [6.45, 7) is 0.681. The van der Waals surface area contributed by atoms with E-state index in [0.29, 0.717) is 25.0 Å². The maximum atomic E-state index is 10.8. The van der Waals surface area contributed by atoms with Gasteiger partial charge in [0.05, 0.1) is 11.8 Å². The molecule has 1 heterocycles. The van der Waals surface area contributed by atoms with E-state index in [1.807, 2.05) is 0 Å². The number of rotatable bonds is 6. The van der Waals surface area contributed by atoms with Crippen LogP contribution in [0.1, 0.15) is 12.8 Å². The van der Waals surface area contributed by atoms with Crippen molar-refractivity contribution < 1.29 is 19.7 Å². The van der Waals surface area contributed by atoms with Gasteiger partial charge in [0.25, 0.3) is 5.91 Å². The van der Waals surface area contributed by atoms with Gasteiger partial charge in [0.15, 0.2) is 0 Å². The van der Waals surface area contributed by atoms with Gasteiger partial charge in [-0.15, -0.1) is 0 Å². The van der Waals surface area contributed by atoms with Crippen LogP contribution in [0.5, 0.6) is 0 Å². The van der Waals surface area contributed by atoms with Crippen molar-refractivity contribution in [1.82, 2.24) is 5.43 Å². The van der Waals surface area contributed by atoms with E-state index < -0.39 is 17.9 Å². The molecule has 0 radical (unpaired) electrons. The average Bonchev–Trinajstić information content (AvgIpc) is 2.29. The van der Waals surface area contributed by atoms with Gasteiger partial charge < -0.3 is 16.6 Å². The molecular formula is C10H17N4O3+. The number of hydrogen-bond acceptors (Lipinski definition) is 4. The first kappa shape index (κ1) is 13.2. The molecule has 1 amide bonds. The molecule has 0 aromatic heterocycles. The molecule has 0 spiro atoms. The van der Waals surface area contributed by atoms with Crippen molar-refractivity contribution in [3.05, 3.63) is 24.0 Å². The lowest BCUT2D eigenvalue weighted by Crippen LogP contribution is -3.14. The van der Waals surface area contributed by atoms with Crippen LogP contribution in [-0.4, -0.2) is 29.6 Å². The number of quaternary nitrogens is 1. The quantitative estimate of drug-likeness (QED) is 0.351. The van der Waals surface area contributed by atoms with Gasteiger partial charge in [0.1, 0.15) is 18.8 Å². The minimum absolute atomic E-state index is 0.413. The lowest BCUT2D eigenvalue weighted by molar-refractivity contribution is -0.889. The van der Waals surface area contributed by atoms with Crippen LogP contribution in [0.3, 0.4) is 0 Å². The van der Waals surface area contributed by atoms with E-state index in [9.17, 15) is 9.59 Å². The summed E-state index contributed by atoms with van der Waals surface area (Å²) in [5, 5.41) is 9.50. The van der Waals surface area contributed by atoms with Crippen LogP contribution in [0.15, 0.2) is 24.0 Å². The molecule has 7 nitrogen and oxygen atoms in total. The van der Waals surface area contributed by atoms with E-state index in [0.717, 1.165) is 5.01 Å². The van der Waals surface area contributed by atoms with Crippen LogP contribution in [0.2, 0.25) is 0 Å². The molecule has 7 N–H and O–H groups in total. The van der Waals surface area contributed by atoms with Crippen molar-refractivity contribution >= 4 is 11.9 Å². The first-order chi connectivity index (χ1) is 8.00. The second-order valence-corrected chi connectivity index (χ2v) is 3.80. The molecule has 2 atom stereocenters. The highest BCUT2D eigenvalue weighted by Gasteiger charge is 2.14. The topological polar surface area (TPSA) is 123 Å². The number of nitrogens with two attached hydrogens (primary N) is 2. The van der Waals surface area contributed by atoms with Gasteiger partial charge in [0, 0.05) is 12.5 Å². The molecule has 7 heteroatoms. The van der Waals surface area contributed by atoms with E-state index >= 15 is 0 Å². The Kier molecular flexibility index (Phi) is 4.68. The van der Waals surface area contributed by atoms with Gasteiger partial charge in [-0.2, -0.15) is 0 Å². The number of nitrogens with one attached hydrogen (secondary N) is 2. The highest BCUT2D eigenvalue weighted by molar-refractivity contribution is 5.94. The summed E-state index contributed by atoms with van der Waals surface area (Å²) in [7, 11) is 0. The van der Waals surface area contributed by atoms with Gasteiger partial charge in [0.2, 0.25) is 0 Å². The lowest BCUT2D eigenvalue weighted by atomic mass is 10.1. The fraction of sp³-hybridized carbons (Fsp3) is 0.400. The van der Waals surface area contributed by atoms with Crippen LogP contribution in [0.4, 0.5) is 0 Å². The lowest BCUT2D eigenvalue weighted by Gasteiger charge is -2.17. The fourth-order valence-corrected chi connectivity index (χ4v) is 1.40. The van der Waals surface area contributed by atoms with E-state index in [-0.39, 0.29) is 0 Å². The van der Waals surface area contributed by atoms with Crippen molar-refractivity contribution in [2.24, 2.45) is 11.5 Å². The Morgan fingerprint density at radius 1 is 1.53 bits per heavy atom. The van der Waals surface area contributed by atoms with Gasteiger partial charge in [-0.25, -0.2) is 10.4 Å². The van der Waals surface area contributed by atoms with Gasteiger partial charge >= 0.3 is 5.97 Å². The Bertz CT molecular complexity index is 365. The Morgan fingerprint density at radius 2 is 2.24 bits per heavy atom. The summed E-state index contributed by atoms with van der Waals surface area (Å²) in [6, 6.07) is -0.820. The monoisotopic (exact) mass is 241 g/mol. The van der Waals surface area contributed by atoms with E-state index in [4.69, 9.17) is 16.6 Å². The van der Waals surface area contributed by atoms with E-state index in [2.05, 4.69) is 5.43 Å². The number of carboxylic acid groups (broad SMARTS) is 1. The third kappa shape index (κ3) is 4.25. The van der Waals surface area contributed by atoms with Crippen LogP contribution >= 0.6 is 0 Å². The average molecular weight is 241 g/mol. The molecule has 0 saturated heterocycles. The summed E-state index contributed by atoms with van der Waals surface area (Å²) < 4.78 is 0. The maximum Gasteiger partial charge on any atom is 0.320 e. The molecule has 1 aliphatic rings. The van der Waals surface area contributed by atoms with Crippen LogP contribution in [-0.2, 0) is 9.59 Å². The van der Waals surface area contributed by atoms with Crippen LogP contribution in [0.25, 0.3) is 0 Å². The standard InChI is InChI=1S/C10H16N4O3/c11-8(10(16)17)2-1-4-14-5-3-7(6-13-14)9(12)15/h3,5-6,8,13H,1-2,4,11H2,(H2,12,15)(H,16,17)/p+1/t8-/m0/s1. The number of carboxylic acids is 1. The Hall–Kier alpha value is -1.86. The number of carbonyl (C=O) groups excluding carboxylic acids is 1. The Labute approximate surface area is 98.7 Å². The van der Waals surface area contributed by atoms with Crippen molar-refractivity contribution in [2.75, 3.05) is 6.54 Å². The largest absolute Gasteiger partial charge is 0.480 e. The maximum absolute atomic E-state index is 10.8. The molecule has 0 saturated carbocycles. The minimum Gasteiger partial charge on any atom is -0.480 e. The third-order valence-electron chi connectivity index (χ3n) is 2.44. The molecule has 0 aromatic carbocycles. The van der Waals surface area contributed by atoms with E-state index in [1.54, 1.807) is 12.3 Å². The molecule has 1 aliphatic heterocycles. The predicted molar refractivity (Wildman–Crippen MR) is 60.2 cm³/mol. The predicted octanol–water partition coefficient (Wildman–Crippen LogP) is -2.54. The van der Waals surface area contributed by atoms with Crippen LogP contribution in [0, 0.1) is 0 Å². The molecule has 0 fully saturated rings. The summed E-state index contributed by atoms with van der Waals surface area (Å²) >= 11 is 0. The zero-order chi connectivity index (χ0) is 12.8. The molecule has 1 unspecified atom stereocenters. The zero-order valence-electron chi connectivity index (χ0n) is 9.35. The van der Waals surface area contributed by atoms with Gasteiger partial charge in [-0.3, -0.25) is 9.59 Å². The first-order valence-corrected chi connectivity index (χ1v) is 5.29.